The molecule has 3 nitrogen and oxygen atoms in total. The Morgan fingerprint density at radius 2 is 1.90 bits per heavy atom. The van der Waals surface area contributed by atoms with Gasteiger partial charge < -0.3 is 10.4 Å². The van der Waals surface area contributed by atoms with Crippen LogP contribution in [0.1, 0.15) is 34.5 Å². The molecule has 2 aromatic carbocycles. The highest BCUT2D eigenvalue weighted by Gasteiger charge is 2.19. The number of aromatic hydroxyl groups is 1. The Kier molecular flexibility index (Phi) is 4.03. The van der Waals surface area contributed by atoms with Gasteiger partial charge in [0, 0.05) is 0 Å². The minimum Gasteiger partial charge on any atom is -0.507 e. The number of benzene rings is 2. The van der Waals surface area contributed by atoms with E-state index in [1.165, 1.54) is 12.1 Å². The van der Waals surface area contributed by atoms with Gasteiger partial charge in [-0.25, -0.2) is 4.39 Å². The van der Waals surface area contributed by atoms with Crippen molar-refractivity contribution in [3.63, 3.8) is 0 Å². The summed E-state index contributed by atoms with van der Waals surface area (Å²) in [7, 11) is 0. The first-order valence-electron chi connectivity index (χ1n) is 6.34. The van der Waals surface area contributed by atoms with E-state index >= 15 is 0 Å². The molecule has 1 unspecified atom stereocenters. The largest absolute Gasteiger partial charge is 0.507 e. The van der Waals surface area contributed by atoms with Crippen molar-refractivity contribution in [2.24, 2.45) is 0 Å². The second kappa shape index (κ2) is 5.74. The lowest BCUT2D eigenvalue weighted by atomic mass is 10.0. The first-order chi connectivity index (χ1) is 9.50. The van der Waals surface area contributed by atoms with Gasteiger partial charge in [-0.2, -0.15) is 0 Å². The SMILES string of the molecule is Cc1ccccc1C(C)NC(=O)c1c(O)cccc1F. The molecule has 104 valence electrons. The predicted octanol–water partition coefficient (Wildman–Crippen LogP) is 3.33. The molecule has 4 heteroatoms. The maximum atomic E-state index is 13.6. The van der Waals surface area contributed by atoms with E-state index in [0.717, 1.165) is 17.2 Å². The summed E-state index contributed by atoms with van der Waals surface area (Å²) < 4.78 is 13.6. The van der Waals surface area contributed by atoms with E-state index in [4.69, 9.17) is 0 Å². The van der Waals surface area contributed by atoms with Crippen molar-refractivity contribution in [3.05, 3.63) is 65.0 Å². The summed E-state index contributed by atoms with van der Waals surface area (Å²) in [5.74, 6) is -1.73. The van der Waals surface area contributed by atoms with Crippen LogP contribution in [0, 0.1) is 12.7 Å². The molecule has 1 amide bonds. The van der Waals surface area contributed by atoms with Crippen LogP contribution < -0.4 is 5.32 Å². The van der Waals surface area contributed by atoms with E-state index in [1.807, 2.05) is 38.1 Å². The summed E-state index contributed by atoms with van der Waals surface area (Å²) in [6, 6.07) is 11.2. The second-order valence-electron chi connectivity index (χ2n) is 4.69. The van der Waals surface area contributed by atoms with Crippen LogP contribution in [0.25, 0.3) is 0 Å². The van der Waals surface area contributed by atoms with E-state index in [1.54, 1.807) is 0 Å². The molecule has 0 aliphatic heterocycles. The van der Waals surface area contributed by atoms with Crippen LogP contribution >= 0.6 is 0 Å². The Bertz CT molecular complexity index is 620. The number of rotatable bonds is 3. The highest BCUT2D eigenvalue weighted by atomic mass is 19.1. The molecular weight excluding hydrogens is 257 g/mol. The fourth-order valence-corrected chi connectivity index (χ4v) is 2.16. The molecule has 1 atom stereocenters. The molecule has 0 fully saturated rings. The van der Waals surface area contributed by atoms with Gasteiger partial charge in [-0.05, 0) is 37.1 Å². The molecule has 0 aliphatic rings. The molecular formula is C16H16FNO2. The van der Waals surface area contributed by atoms with Crippen LogP contribution in [0.3, 0.4) is 0 Å². The molecule has 20 heavy (non-hydrogen) atoms. The number of hydrogen-bond acceptors (Lipinski definition) is 2. The van der Waals surface area contributed by atoms with Gasteiger partial charge in [0.25, 0.3) is 5.91 Å². The third-order valence-corrected chi connectivity index (χ3v) is 3.22. The molecule has 2 N–H and O–H groups in total. The number of phenols is 1. The Labute approximate surface area is 117 Å². The number of halogens is 1. The van der Waals surface area contributed by atoms with Crippen LogP contribution in [0.15, 0.2) is 42.5 Å². The number of nitrogens with one attached hydrogen (secondary N) is 1. The Balaban J connectivity index is 2.22. The monoisotopic (exact) mass is 273 g/mol. The van der Waals surface area contributed by atoms with Crippen LogP contribution in [-0.4, -0.2) is 11.0 Å². The summed E-state index contributed by atoms with van der Waals surface area (Å²) in [5.41, 5.74) is 1.67. The van der Waals surface area contributed by atoms with E-state index in [9.17, 15) is 14.3 Å². The highest BCUT2D eigenvalue weighted by molar-refractivity contribution is 5.97. The van der Waals surface area contributed by atoms with Crippen molar-refractivity contribution in [2.75, 3.05) is 0 Å². The van der Waals surface area contributed by atoms with Crippen molar-refractivity contribution >= 4 is 5.91 Å². The minimum atomic E-state index is -0.737. The summed E-state index contributed by atoms with van der Waals surface area (Å²) >= 11 is 0. The van der Waals surface area contributed by atoms with Gasteiger partial charge in [0.1, 0.15) is 17.1 Å². The third-order valence-electron chi connectivity index (χ3n) is 3.22. The standard InChI is InChI=1S/C16H16FNO2/c1-10-6-3-4-7-12(10)11(2)18-16(20)15-13(17)8-5-9-14(15)19/h3-9,11,19H,1-2H3,(H,18,20). The van der Waals surface area contributed by atoms with Crippen molar-refractivity contribution in [1.82, 2.24) is 5.32 Å². The first-order valence-corrected chi connectivity index (χ1v) is 6.34. The first kappa shape index (κ1) is 14.1. The minimum absolute atomic E-state index is 0.275. The fraction of sp³-hybridized carbons (Fsp3) is 0.188. The fourth-order valence-electron chi connectivity index (χ4n) is 2.16. The van der Waals surface area contributed by atoms with Gasteiger partial charge in [0.2, 0.25) is 0 Å². The molecule has 0 heterocycles. The average Bonchev–Trinajstić information content (AvgIpc) is 2.38. The number of aryl methyl sites for hydroxylation is 1. The highest BCUT2D eigenvalue weighted by Crippen LogP contribution is 2.22. The maximum Gasteiger partial charge on any atom is 0.258 e. The van der Waals surface area contributed by atoms with Crippen LogP contribution in [-0.2, 0) is 0 Å². The van der Waals surface area contributed by atoms with Gasteiger partial charge in [-0.15, -0.1) is 0 Å². The maximum absolute atomic E-state index is 13.6. The lowest BCUT2D eigenvalue weighted by Crippen LogP contribution is -2.28. The number of hydrogen-bond donors (Lipinski definition) is 2. The zero-order valence-electron chi connectivity index (χ0n) is 11.4. The smallest absolute Gasteiger partial charge is 0.258 e. The molecule has 0 bridgehead atoms. The van der Waals surface area contributed by atoms with E-state index in [2.05, 4.69) is 5.32 Å². The second-order valence-corrected chi connectivity index (χ2v) is 4.69. The predicted molar refractivity (Wildman–Crippen MR) is 75.1 cm³/mol. The lowest BCUT2D eigenvalue weighted by molar-refractivity contribution is 0.0933. The summed E-state index contributed by atoms with van der Waals surface area (Å²) in [6.45, 7) is 3.76. The molecule has 2 aromatic rings. The van der Waals surface area contributed by atoms with Gasteiger partial charge >= 0.3 is 0 Å². The van der Waals surface area contributed by atoms with Crippen molar-refractivity contribution in [1.29, 1.82) is 0 Å². The Morgan fingerprint density at radius 3 is 2.55 bits per heavy atom. The summed E-state index contributed by atoms with van der Waals surface area (Å²) in [4.78, 5) is 12.1. The Morgan fingerprint density at radius 1 is 1.20 bits per heavy atom. The van der Waals surface area contributed by atoms with E-state index < -0.39 is 11.7 Å². The van der Waals surface area contributed by atoms with Crippen molar-refractivity contribution < 1.29 is 14.3 Å². The number of phenolic OH excluding ortho intramolecular Hbond substituents is 1. The van der Waals surface area contributed by atoms with Gasteiger partial charge in [-0.1, -0.05) is 30.3 Å². The molecule has 0 aliphatic carbocycles. The van der Waals surface area contributed by atoms with Gasteiger partial charge in [-0.3, -0.25) is 4.79 Å². The number of amides is 1. The third kappa shape index (κ3) is 2.79. The van der Waals surface area contributed by atoms with Crippen LogP contribution in [0.2, 0.25) is 0 Å². The normalized spacial score (nSPS) is 11.9. The average molecular weight is 273 g/mol. The van der Waals surface area contributed by atoms with Crippen LogP contribution in [0.4, 0.5) is 4.39 Å². The zero-order chi connectivity index (χ0) is 14.7. The Hall–Kier alpha value is -2.36. The molecule has 0 aromatic heterocycles. The van der Waals surface area contributed by atoms with Crippen molar-refractivity contribution in [2.45, 2.75) is 19.9 Å². The quantitative estimate of drug-likeness (QED) is 0.901. The molecule has 0 saturated heterocycles. The lowest BCUT2D eigenvalue weighted by Gasteiger charge is -2.17. The van der Waals surface area contributed by atoms with E-state index in [0.29, 0.717) is 0 Å². The van der Waals surface area contributed by atoms with Crippen molar-refractivity contribution in [3.8, 4) is 5.75 Å². The topological polar surface area (TPSA) is 49.3 Å². The zero-order valence-corrected chi connectivity index (χ0v) is 11.4. The van der Waals surface area contributed by atoms with Crippen LogP contribution in [0.5, 0.6) is 5.75 Å². The van der Waals surface area contributed by atoms with Gasteiger partial charge in [0.15, 0.2) is 0 Å². The molecule has 0 saturated carbocycles. The molecule has 0 radical (unpaired) electrons. The van der Waals surface area contributed by atoms with E-state index in [-0.39, 0.29) is 17.4 Å². The van der Waals surface area contributed by atoms with Gasteiger partial charge in [0.05, 0.1) is 6.04 Å². The number of carbonyl (C=O) groups is 1. The molecule has 0 spiro atoms. The molecule has 2 rings (SSSR count). The summed E-state index contributed by atoms with van der Waals surface area (Å²) in [6.07, 6.45) is 0. The number of carbonyl (C=O) groups excluding carboxylic acids is 1. The summed E-state index contributed by atoms with van der Waals surface area (Å²) in [5, 5.41) is 12.3.